The summed E-state index contributed by atoms with van der Waals surface area (Å²) in [5.74, 6) is 2.73. The monoisotopic (exact) mass is 368 g/mol. The van der Waals surface area contributed by atoms with E-state index in [0.717, 1.165) is 27.8 Å². The Balaban J connectivity index is 1.43. The molecule has 1 aliphatic rings. The van der Waals surface area contributed by atoms with Crippen molar-refractivity contribution in [3.05, 3.63) is 65.3 Å². The second-order valence-corrected chi connectivity index (χ2v) is 6.17. The summed E-state index contributed by atoms with van der Waals surface area (Å²) in [5, 5.41) is 7.18. The molecule has 6 nitrogen and oxygen atoms in total. The number of nitrogens with one attached hydrogen (secondary N) is 2. The van der Waals surface area contributed by atoms with Crippen LogP contribution in [-0.4, -0.2) is 23.2 Å². The molecule has 0 fully saturated rings. The van der Waals surface area contributed by atoms with Crippen molar-refractivity contribution < 1.29 is 9.47 Å². The molecule has 3 aromatic rings. The van der Waals surface area contributed by atoms with Gasteiger partial charge < -0.3 is 20.1 Å². The van der Waals surface area contributed by atoms with Crippen molar-refractivity contribution in [1.29, 1.82) is 0 Å². The molecule has 0 spiro atoms. The first-order valence-corrected chi connectivity index (χ1v) is 8.62. The van der Waals surface area contributed by atoms with Crippen molar-refractivity contribution in [3.8, 4) is 11.5 Å². The molecule has 4 rings (SSSR count). The fourth-order valence-electron chi connectivity index (χ4n) is 2.57. The van der Waals surface area contributed by atoms with Crippen LogP contribution in [0.4, 0.5) is 17.5 Å². The van der Waals surface area contributed by atoms with E-state index in [1.807, 2.05) is 48.5 Å². The molecule has 0 saturated heterocycles. The molecule has 0 radical (unpaired) electrons. The largest absolute Gasteiger partial charge is 0.486 e. The number of rotatable bonds is 5. The number of anilines is 3. The predicted molar refractivity (Wildman–Crippen MR) is 102 cm³/mol. The normalized spacial score (nSPS) is 12.5. The molecular formula is C19H17ClN4O2. The minimum atomic E-state index is 0.544. The Morgan fingerprint density at radius 1 is 0.962 bits per heavy atom. The summed E-state index contributed by atoms with van der Waals surface area (Å²) >= 11 is 5.90. The lowest BCUT2D eigenvalue weighted by Gasteiger charge is -2.19. The second kappa shape index (κ2) is 7.49. The average Bonchev–Trinajstić information content (AvgIpc) is 2.68. The van der Waals surface area contributed by atoms with Crippen LogP contribution in [0.25, 0.3) is 0 Å². The number of hydrogen-bond acceptors (Lipinski definition) is 6. The third-order valence-electron chi connectivity index (χ3n) is 3.83. The number of fused-ring (bicyclic) bond motifs is 1. The number of benzene rings is 2. The third kappa shape index (κ3) is 3.97. The summed E-state index contributed by atoms with van der Waals surface area (Å²) in [7, 11) is 0. The lowest BCUT2D eigenvalue weighted by molar-refractivity contribution is 0.171. The molecule has 2 N–H and O–H groups in total. The van der Waals surface area contributed by atoms with E-state index < -0.39 is 0 Å². The van der Waals surface area contributed by atoms with Crippen molar-refractivity contribution in [1.82, 2.24) is 9.97 Å². The van der Waals surface area contributed by atoms with Gasteiger partial charge in [0.2, 0.25) is 5.95 Å². The molecule has 1 aromatic heterocycles. The molecule has 2 heterocycles. The fraction of sp³-hybridized carbons (Fsp3) is 0.158. The van der Waals surface area contributed by atoms with Crippen molar-refractivity contribution in [2.75, 3.05) is 23.8 Å². The van der Waals surface area contributed by atoms with E-state index in [-0.39, 0.29) is 0 Å². The Kier molecular flexibility index (Phi) is 4.75. The molecular weight excluding hydrogens is 352 g/mol. The topological polar surface area (TPSA) is 68.3 Å². The van der Waals surface area contributed by atoms with Gasteiger partial charge in [0.25, 0.3) is 0 Å². The Bertz CT molecular complexity index is 902. The molecule has 0 aliphatic carbocycles. The van der Waals surface area contributed by atoms with Crippen LogP contribution in [0.2, 0.25) is 5.02 Å². The van der Waals surface area contributed by atoms with E-state index in [1.54, 1.807) is 6.20 Å². The van der Waals surface area contributed by atoms with Crippen LogP contribution in [0, 0.1) is 0 Å². The highest BCUT2D eigenvalue weighted by Gasteiger charge is 2.12. The first kappa shape index (κ1) is 16.5. The smallest absolute Gasteiger partial charge is 0.224 e. The van der Waals surface area contributed by atoms with Crippen LogP contribution < -0.4 is 20.1 Å². The molecule has 0 atom stereocenters. The summed E-state index contributed by atoms with van der Waals surface area (Å²) in [6, 6.07) is 15.2. The van der Waals surface area contributed by atoms with Crippen molar-refractivity contribution in [2.45, 2.75) is 6.54 Å². The molecule has 26 heavy (non-hydrogen) atoms. The van der Waals surface area contributed by atoms with Gasteiger partial charge in [0.1, 0.15) is 19.0 Å². The fourth-order valence-corrected chi connectivity index (χ4v) is 2.69. The summed E-state index contributed by atoms with van der Waals surface area (Å²) in [5.41, 5.74) is 1.97. The SMILES string of the molecule is Clc1ccc(CNc2nccc(Nc3ccc4c(c3)OCCO4)n2)cc1. The minimum Gasteiger partial charge on any atom is -0.486 e. The van der Waals surface area contributed by atoms with Gasteiger partial charge in [-0.1, -0.05) is 23.7 Å². The molecule has 0 unspecified atom stereocenters. The number of halogens is 1. The maximum atomic E-state index is 5.90. The number of ether oxygens (including phenoxy) is 2. The zero-order valence-corrected chi connectivity index (χ0v) is 14.7. The van der Waals surface area contributed by atoms with Gasteiger partial charge in [0, 0.05) is 29.5 Å². The predicted octanol–water partition coefficient (Wildman–Crippen LogP) is 4.26. The highest BCUT2D eigenvalue weighted by Crippen LogP contribution is 2.33. The molecule has 0 bridgehead atoms. The lowest BCUT2D eigenvalue weighted by Crippen LogP contribution is -2.15. The number of hydrogen-bond donors (Lipinski definition) is 2. The second-order valence-electron chi connectivity index (χ2n) is 5.73. The third-order valence-corrected chi connectivity index (χ3v) is 4.09. The zero-order valence-electron chi connectivity index (χ0n) is 13.9. The van der Waals surface area contributed by atoms with Gasteiger partial charge in [-0.3, -0.25) is 0 Å². The maximum absolute atomic E-state index is 5.90. The molecule has 2 aromatic carbocycles. The quantitative estimate of drug-likeness (QED) is 0.701. The van der Waals surface area contributed by atoms with Crippen LogP contribution in [0.1, 0.15) is 5.56 Å². The molecule has 132 valence electrons. The van der Waals surface area contributed by atoms with Crippen LogP contribution in [0.5, 0.6) is 11.5 Å². The van der Waals surface area contributed by atoms with E-state index in [9.17, 15) is 0 Å². The van der Waals surface area contributed by atoms with Gasteiger partial charge in [-0.15, -0.1) is 0 Å². The zero-order chi connectivity index (χ0) is 17.8. The summed E-state index contributed by atoms with van der Waals surface area (Å²) in [6.45, 7) is 1.75. The molecule has 7 heteroatoms. The highest BCUT2D eigenvalue weighted by molar-refractivity contribution is 6.30. The molecule has 1 aliphatic heterocycles. The molecule has 0 amide bonds. The Hall–Kier alpha value is -2.99. The summed E-state index contributed by atoms with van der Waals surface area (Å²) in [6.07, 6.45) is 1.71. The standard InChI is InChI=1S/C19H17ClN4O2/c20-14-3-1-13(2-4-14)12-22-19-21-8-7-18(24-19)23-15-5-6-16-17(11-15)26-10-9-25-16/h1-8,11H,9-10,12H2,(H2,21,22,23,24). The average molecular weight is 369 g/mol. The van der Waals surface area contributed by atoms with Gasteiger partial charge in [0.15, 0.2) is 11.5 Å². The van der Waals surface area contributed by atoms with Gasteiger partial charge >= 0.3 is 0 Å². The van der Waals surface area contributed by atoms with E-state index in [2.05, 4.69) is 20.6 Å². The van der Waals surface area contributed by atoms with Crippen LogP contribution >= 0.6 is 11.6 Å². The minimum absolute atomic E-state index is 0.544. The van der Waals surface area contributed by atoms with Crippen molar-refractivity contribution >= 4 is 29.1 Å². The van der Waals surface area contributed by atoms with Crippen LogP contribution in [0.3, 0.4) is 0 Å². The van der Waals surface area contributed by atoms with Crippen LogP contribution in [0.15, 0.2) is 54.7 Å². The van der Waals surface area contributed by atoms with Gasteiger partial charge in [-0.05, 0) is 35.9 Å². The number of aromatic nitrogens is 2. The van der Waals surface area contributed by atoms with Crippen LogP contribution in [-0.2, 0) is 6.54 Å². The van der Waals surface area contributed by atoms with Gasteiger partial charge in [-0.2, -0.15) is 4.98 Å². The lowest BCUT2D eigenvalue weighted by atomic mass is 10.2. The van der Waals surface area contributed by atoms with Gasteiger partial charge in [-0.25, -0.2) is 4.98 Å². The van der Waals surface area contributed by atoms with E-state index in [4.69, 9.17) is 21.1 Å². The maximum Gasteiger partial charge on any atom is 0.224 e. The summed E-state index contributed by atoms with van der Waals surface area (Å²) < 4.78 is 11.1. The Labute approximate surface area is 156 Å². The van der Waals surface area contributed by atoms with Gasteiger partial charge in [0.05, 0.1) is 0 Å². The first-order chi connectivity index (χ1) is 12.8. The van der Waals surface area contributed by atoms with E-state index >= 15 is 0 Å². The van der Waals surface area contributed by atoms with Crippen molar-refractivity contribution in [2.24, 2.45) is 0 Å². The van der Waals surface area contributed by atoms with Crippen molar-refractivity contribution in [3.63, 3.8) is 0 Å². The first-order valence-electron chi connectivity index (χ1n) is 8.24. The number of nitrogens with zero attached hydrogens (tertiary/aromatic N) is 2. The van der Waals surface area contributed by atoms with E-state index in [1.165, 1.54) is 0 Å². The van der Waals surface area contributed by atoms with E-state index in [0.29, 0.717) is 31.5 Å². The summed E-state index contributed by atoms with van der Waals surface area (Å²) in [4.78, 5) is 8.73. The highest BCUT2D eigenvalue weighted by atomic mass is 35.5. The Morgan fingerprint density at radius 3 is 2.62 bits per heavy atom. The molecule has 0 saturated carbocycles. The Morgan fingerprint density at radius 2 is 1.77 bits per heavy atom.